The molecule has 0 saturated carbocycles. The zero-order valence-corrected chi connectivity index (χ0v) is 15.4. The Labute approximate surface area is 166 Å². The van der Waals surface area contributed by atoms with Gasteiger partial charge in [-0.05, 0) is 29.1 Å². The Morgan fingerprint density at radius 3 is 2.72 bits per heavy atom. The van der Waals surface area contributed by atoms with E-state index in [1.54, 1.807) is 18.2 Å². The summed E-state index contributed by atoms with van der Waals surface area (Å²) in [6.45, 7) is 0. The lowest BCUT2D eigenvalue weighted by molar-refractivity contribution is 0.403. The maximum Gasteiger partial charge on any atom is 0.492 e. The van der Waals surface area contributed by atoms with Gasteiger partial charge in [-0.3, -0.25) is 0 Å². The van der Waals surface area contributed by atoms with E-state index in [1.165, 1.54) is 24.2 Å². The fourth-order valence-corrected chi connectivity index (χ4v) is 3.21. The van der Waals surface area contributed by atoms with E-state index in [2.05, 4.69) is 16.0 Å². The summed E-state index contributed by atoms with van der Waals surface area (Å²) >= 11 is 0. The monoisotopic (exact) mass is 390 g/mol. The van der Waals surface area contributed by atoms with Gasteiger partial charge < -0.3 is 20.5 Å². The number of hydrogen-bond acceptors (Lipinski definition) is 6. The molecule has 0 aliphatic carbocycles. The molecule has 0 radical (unpaired) electrons. The number of methoxy groups -OCH3 is 1. The van der Waals surface area contributed by atoms with Crippen LogP contribution in [0, 0.1) is 5.82 Å². The molecule has 0 saturated heterocycles. The van der Waals surface area contributed by atoms with Crippen LogP contribution in [0.2, 0.25) is 0 Å². The quantitative estimate of drug-likeness (QED) is 0.583. The molecular formula is C20H16BFN4O3. The minimum absolute atomic E-state index is 0.172. The first-order valence-electron chi connectivity index (χ1n) is 8.65. The number of rotatable bonds is 4. The predicted octanol–water partition coefficient (Wildman–Crippen LogP) is 1.32. The highest BCUT2D eigenvalue weighted by Crippen LogP contribution is 2.32. The van der Waals surface area contributed by atoms with Gasteiger partial charge >= 0.3 is 7.12 Å². The fourth-order valence-electron chi connectivity index (χ4n) is 3.21. The molecule has 1 aliphatic rings. The number of nitrogens with two attached hydrogens (primary N) is 1. The molecule has 7 nitrogen and oxygen atoms in total. The molecule has 4 rings (SSSR count). The molecular weight excluding hydrogens is 374 g/mol. The van der Waals surface area contributed by atoms with E-state index in [0.29, 0.717) is 16.9 Å². The molecule has 1 aromatic heterocycles. The molecule has 0 spiro atoms. The summed E-state index contributed by atoms with van der Waals surface area (Å²) in [5.74, 6) is 2.53. The maximum atomic E-state index is 13.6. The minimum atomic E-state index is -1.75. The van der Waals surface area contributed by atoms with Crippen LogP contribution in [0.5, 0.6) is 5.75 Å². The van der Waals surface area contributed by atoms with Gasteiger partial charge in [0.1, 0.15) is 5.75 Å². The van der Waals surface area contributed by atoms with Gasteiger partial charge in [-0.15, -0.1) is 0 Å². The van der Waals surface area contributed by atoms with E-state index in [1.807, 2.05) is 18.2 Å². The van der Waals surface area contributed by atoms with Crippen molar-refractivity contribution in [2.75, 3.05) is 7.11 Å². The summed E-state index contributed by atoms with van der Waals surface area (Å²) in [6, 6.07) is 8.68. The van der Waals surface area contributed by atoms with Crippen molar-refractivity contribution in [3.8, 4) is 22.6 Å². The van der Waals surface area contributed by atoms with Crippen molar-refractivity contribution in [3.05, 3.63) is 65.9 Å². The Balaban J connectivity index is 1.97. The van der Waals surface area contributed by atoms with E-state index < -0.39 is 12.9 Å². The maximum absolute atomic E-state index is 13.6. The van der Waals surface area contributed by atoms with Gasteiger partial charge in [-0.2, -0.15) is 5.10 Å². The van der Waals surface area contributed by atoms with Crippen LogP contribution in [0.3, 0.4) is 0 Å². The number of halogens is 1. The van der Waals surface area contributed by atoms with Gasteiger partial charge in [0.25, 0.3) is 0 Å². The molecule has 29 heavy (non-hydrogen) atoms. The fraction of sp³-hybridized carbons (Fsp3) is 0.0500. The van der Waals surface area contributed by atoms with Crippen molar-refractivity contribution in [1.29, 1.82) is 0 Å². The molecule has 9 heteroatoms. The average Bonchev–Trinajstić information content (AvgIpc) is 3.06. The van der Waals surface area contributed by atoms with Crippen molar-refractivity contribution < 1.29 is 19.2 Å². The van der Waals surface area contributed by atoms with E-state index in [0.717, 1.165) is 22.9 Å². The van der Waals surface area contributed by atoms with E-state index >= 15 is 0 Å². The number of aromatic nitrogens is 2. The lowest BCUT2D eigenvalue weighted by Crippen LogP contribution is -2.31. The largest absolute Gasteiger partial charge is 0.497 e. The Kier molecular flexibility index (Phi) is 4.78. The first-order valence-corrected chi connectivity index (χ1v) is 8.65. The van der Waals surface area contributed by atoms with Crippen LogP contribution in [0.15, 0.2) is 53.9 Å². The van der Waals surface area contributed by atoms with Crippen molar-refractivity contribution in [2.45, 2.75) is 0 Å². The number of ether oxygens (including phenoxy) is 1. The van der Waals surface area contributed by atoms with Gasteiger partial charge in [0.05, 0.1) is 37.1 Å². The van der Waals surface area contributed by atoms with Crippen molar-refractivity contribution in [2.24, 2.45) is 10.7 Å². The van der Waals surface area contributed by atoms with Crippen LogP contribution >= 0.6 is 0 Å². The number of benzene rings is 2. The van der Waals surface area contributed by atoms with Crippen LogP contribution in [-0.2, 0) is 0 Å². The molecule has 1 aliphatic heterocycles. The third kappa shape index (κ3) is 3.45. The Morgan fingerprint density at radius 2 is 2.03 bits per heavy atom. The summed E-state index contributed by atoms with van der Waals surface area (Å²) in [7, 11) is -0.339. The number of fused-ring (bicyclic) bond motifs is 1. The van der Waals surface area contributed by atoms with E-state index in [9.17, 15) is 14.4 Å². The third-order valence-electron chi connectivity index (χ3n) is 4.60. The highest BCUT2D eigenvalue weighted by atomic mass is 19.1. The summed E-state index contributed by atoms with van der Waals surface area (Å²) < 4.78 is 20.3. The predicted molar refractivity (Wildman–Crippen MR) is 109 cm³/mol. The standard InChI is InChI=1S/C20H16BFN4O3/c1-29-20-8-19(26-11-14(22)9-25-26)16(7-17(20)21(27)28)12-2-3-15-13(6-12)4-5-24-10-18(15)23/h2-4,6-11,27-28H,23H2,1H3. The Bertz CT molecular complexity index is 1200. The molecule has 0 unspecified atom stereocenters. The van der Waals surface area contributed by atoms with Gasteiger partial charge in [0.15, 0.2) is 5.82 Å². The normalized spacial score (nSPS) is 12.3. The molecule has 0 amide bonds. The van der Waals surface area contributed by atoms with Crippen LogP contribution in [0.25, 0.3) is 28.6 Å². The second-order valence-corrected chi connectivity index (χ2v) is 6.38. The van der Waals surface area contributed by atoms with Gasteiger partial charge in [-0.25, -0.2) is 14.1 Å². The highest BCUT2D eigenvalue weighted by Gasteiger charge is 2.22. The SMILES string of the molecule is COc1cc(-n2cc(F)cn2)c(-c2ccc3c(c2)C=C=NC=C3N)cc1B(O)O. The lowest BCUT2D eigenvalue weighted by Gasteiger charge is -2.17. The van der Waals surface area contributed by atoms with Crippen LogP contribution in [0.4, 0.5) is 4.39 Å². The molecule has 2 aromatic carbocycles. The molecule has 0 bridgehead atoms. The number of aliphatic imine (C=N–C) groups is 1. The van der Waals surface area contributed by atoms with Crippen molar-refractivity contribution in [3.63, 3.8) is 0 Å². The van der Waals surface area contributed by atoms with Gasteiger partial charge in [-0.1, -0.05) is 12.1 Å². The van der Waals surface area contributed by atoms with E-state index in [4.69, 9.17) is 10.5 Å². The average molecular weight is 390 g/mol. The summed E-state index contributed by atoms with van der Waals surface area (Å²) in [4.78, 5) is 3.97. The molecule has 4 N–H and O–H groups in total. The van der Waals surface area contributed by atoms with Gasteiger partial charge in [0, 0.05) is 28.7 Å². The van der Waals surface area contributed by atoms with Crippen molar-refractivity contribution >= 4 is 30.2 Å². The summed E-state index contributed by atoms with van der Waals surface area (Å²) in [6.07, 6.45) is 5.54. The van der Waals surface area contributed by atoms with Gasteiger partial charge in [0.2, 0.25) is 0 Å². The first kappa shape index (κ1) is 18.7. The topological polar surface area (TPSA) is 106 Å². The van der Waals surface area contributed by atoms with Crippen LogP contribution in [-0.4, -0.2) is 39.9 Å². The van der Waals surface area contributed by atoms with Crippen LogP contribution in [0.1, 0.15) is 11.1 Å². The summed E-state index contributed by atoms with van der Waals surface area (Å²) in [5, 5.41) is 23.6. The summed E-state index contributed by atoms with van der Waals surface area (Å²) in [5.41, 5.74) is 10.1. The van der Waals surface area contributed by atoms with Crippen molar-refractivity contribution in [1.82, 2.24) is 9.78 Å². The lowest BCUT2D eigenvalue weighted by atomic mass is 9.77. The second-order valence-electron chi connectivity index (χ2n) is 6.38. The Hall–Kier alpha value is -3.65. The second kappa shape index (κ2) is 7.41. The number of nitrogens with zero attached hydrogens (tertiary/aromatic N) is 3. The van der Waals surface area contributed by atoms with E-state index in [-0.39, 0.29) is 11.2 Å². The smallest absolute Gasteiger partial charge is 0.492 e. The molecule has 144 valence electrons. The van der Waals surface area contributed by atoms with Crippen LogP contribution < -0.4 is 15.9 Å². The molecule has 3 aromatic rings. The zero-order chi connectivity index (χ0) is 20.5. The number of hydrogen-bond donors (Lipinski definition) is 3. The first-order chi connectivity index (χ1) is 14.0. The third-order valence-corrected chi connectivity index (χ3v) is 4.60. The molecule has 2 heterocycles. The minimum Gasteiger partial charge on any atom is -0.497 e. The Morgan fingerprint density at radius 1 is 1.21 bits per heavy atom. The molecule has 0 fully saturated rings. The molecule has 0 atom stereocenters. The zero-order valence-electron chi connectivity index (χ0n) is 15.4. The highest BCUT2D eigenvalue weighted by molar-refractivity contribution is 6.60.